The number of aliphatic hydroxyl groups is 6. The Hall–Kier alpha value is -2.22. The molecule has 0 aromatic rings. The van der Waals surface area contributed by atoms with Crippen molar-refractivity contribution in [3.63, 3.8) is 0 Å². The molecule has 26 heteroatoms. The zero-order valence-electron chi connectivity index (χ0n) is 58.8. The van der Waals surface area contributed by atoms with E-state index in [0.717, 1.165) is 161 Å². The van der Waals surface area contributed by atoms with Gasteiger partial charge in [-0.1, -0.05) is 259 Å². The number of phosphoric acid groups is 1. The molecule has 0 aromatic carbocycles. The van der Waals surface area contributed by atoms with Crippen LogP contribution >= 0.6 is 15.4 Å². The smallest absolute Gasteiger partial charge is 0.457 e. The summed E-state index contributed by atoms with van der Waals surface area (Å²) in [4.78, 5) is 86.9. The Kier molecular flexibility index (Phi) is 50.1. The summed E-state index contributed by atoms with van der Waals surface area (Å²) in [6.07, 6.45) is 15.4. The summed E-state index contributed by atoms with van der Waals surface area (Å²) in [5.41, 5.74) is 0. The summed E-state index contributed by atoms with van der Waals surface area (Å²) in [7, 11) is -10.2. The van der Waals surface area contributed by atoms with Gasteiger partial charge in [0.15, 0.2) is 24.8 Å². The SMILES string of the molecule is CCCCCCCCCCCC(O)CC(=O)NC1C(OP(C)(=O)O)OC(CO[C@@H]2OC(CO)[C@@H](OP(=O)(O)O)[C@H](OC(=O)CC(O)CCCCCCCCCCC)C2NC(=O)CC(O)CCCCCCCCCCC)[C@@H](O)[C@@H]1OC(=O)CC(O)CCCCCCCCCCC. The van der Waals surface area contributed by atoms with Crippen LogP contribution < -0.4 is 10.6 Å². The van der Waals surface area contributed by atoms with Crippen LogP contribution in [0.5, 0.6) is 0 Å². The predicted octanol–water partition coefficient (Wildman–Crippen LogP) is 11.6. The number of unbranched alkanes of at least 4 members (excludes halogenated alkanes) is 32. The number of nitrogens with one attached hydrogen (secondary N) is 2. The molecule has 560 valence electrons. The van der Waals surface area contributed by atoms with Gasteiger partial charge in [0.2, 0.25) is 11.8 Å². The molecular weight excluding hydrogens is 1270 g/mol. The molecule has 10 unspecified atom stereocenters. The molecule has 0 aliphatic carbocycles. The summed E-state index contributed by atoms with van der Waals surface area (Å²) in [5, 5.41) is 72.5. The number of hydrogen-bond donors (Lipinski definition) is 11. The highest BCUT2D eigenvalue weighted by molar-refractivity contribution is 7.51. The first-order valence-electron chi connectivity index (χ1n) is 37.1. The van der Waals surface area contributed by atoms with Crippen LogP contribution in [0.15, 0.2) is 0 Å². The first-order valence-corrected chi connectivity index (χ1v) is 40.6. The molecule has 2 rings (SSSR count). The molecule has 95 heavy (non-hydrogen) atoms. The fourth-order valence-corrected chi connectivity index (χ4v) is 13.6. The van der Waals surface area contributed by atoms with Crippen molar-refractivity contribution < 1.29 is 106 Å². The van der Waals surface area contributed by atoms with Gasteiger partial charge in [-0.3, -0.25) is 32.8 Å². The Labute approximate surface area is 569 Å². The summed E-state index contributed by atoms with van der Waals surface area (Å²) in [6, 6.07) is -3.55. The number of esters is 2. The van der Waals surface area contributed by atoms with Gasteiger partial charge in [0.05, 0.1) is 63.3 Å². The number of rotatable bonds is 60. The molecule has 2 saturated heterocycles. The lowest BCUT2D eigenvalue weighted by Gasteiger charge is -2.47. The van der Waals surface area contributed by atoms with Crippen molar-refractivity contribution in [2.24, 2.45) is 0 Å². The Morgan fingerprint density at radius 3 is 1.05 bits per heavy atom. The molecule has 2 aliphatic heterocycles. The minimum atomic E-state index is -5.54. The third kappa shape index (κ3) is 43.3. The largest absolute Gasteiger partial charge is 0.470 e. The predicted molar refractivity (Wildman–Crippen MR) is 364 cm³/mol. The number of hydrogen-bond acceptors (Lipinski definition) is 19. The molecule has 0 radical (unpaired) electrons. The number of ether oxygens (including phenoxy) is 5. The molecular formula is C69H132N2O22P2. The lowest BCUT2D eigenvalue weighted by atomic mass is 9.95. The van der Waals surface area contributed by atoms with E-state index in [1.807, 2.05) is 0 Å². The highest BCUT2D eigenvalue weighted by atomic mass is 31.2. The monoisotopic (exact) mass is 1400 g/mol. The lowest BCUT2D eigenvalue weighted by molar-refractivity contribution is -0.296. The maximum atomic E-state index is 14.1. The molecule has 0 spiro atoms. The molecule has 0 saturated carbocycles. The lowest BCUT2D eigenvalue weighted by Crippen LogP contribution is -2.68. The molecule has 2 aliphatic rings. The van der Waals surface area contributed by atoms with Crippen LogP contribution in [0.25, 0.3) is 0 Å². The van der Waals surface area contributed by atoms with Gasteiger partial charge in [0.25, 0.3) is 0 Å². The van der Waals surface area contributed by atoms with E-state index < -0.39 is 164 Å². The van der Waals surface area contributed by atoms with Crippen molar-refractivity contribution in [1.82, 2.24) is 10.6 Å². The number of carbonyl (C=O) groups excluding carboxylic acids is 4. The van der Waals surface area contributed by atoms with Gasteiger partial charge in [0.1, 0.15) is 36.5 Å². The molecule has 0 aromatic heterocycles. The van der Waals surface area contributed by atoms with E-state index in [-0.39, 0.29) is 25.7 Å². The topological polar surface area (TPSA) is 373 Å². The van der Waals surface area contributed by atoms with E-state index in [1.54, 1.807) is 0 Å². The number of aliphatic hydroxyl groups excluding tert-OH is 6. The van der Waals surface area contributed by atoms with Crippen LogP contribution in [0.1, 0.15) is 310 Å². The van der Waals surface area contributed by atoms with E-state index in [0.29, 0.717) is 25.7 Å². The van der Waals surface area contributed by atoms with E-state index in [9.17, 15) is 73.6 Å². The summed E-state index contributed by atoms with van der Waals surface area (Å²) in [6.45, 7) is 7.51. The van der Waals surface area contributed by atoms with E-state index in [2.05, 4.69) is 38.3 Å². The molecule has 11 N–H and O–H groups in total. The zero-order chi connectivity index (χ0) is 70.3. The van der Waals surface area contributed by atoms with Gasteiger partial charge < -0.3 is 79.6 Å². The van der Waals surface area contributed by atoms with Crippen molar-refractivity contribution in [2.45, 2.75) is 396 Å². The zero-order valence-corrected chi connectivity index (χ0v) is 60.6. The van der Waals surface area contributed by atoms with E-state index in [1.165, 1.54) is 51.4 Å². The minimum absolute atomic E-state index is 0.212. The van der Waals surface area contributed by atoms with Gasteiger partial charge >= 0.3 is 27.4 Å². The third-order valence-corrected chi connectivity index (χ3v) is 19.0. The van der Waals surface area contributed by atoms with Crippen LogP contribution in [0.3, 0.4) is 0 Å². The second kappa shape index (κ2) is 53.6. The highest BCUT2D eigenvalue weighted by Gasteiger charge is 2.54. The Morgan fingerprint density at radius 1 is 0.421 bits per heavy atom. The van der Waals surface area contributed by atoms with Crippen molar-refractivity contribution in [3.8, 4) is 0 Å². The van der Waals surface area contributed by atoms with Crippen molar-refractivity contribution in [2.75, 3.05) is 19.9 Å². The van der Waals surface area contributed by atoms with Gasteiger partial charge in [-0.2, -0.15) is 0 Å². The third-order valence-electron chi connectivity index (χ3n) is 17.9. The van der Waals surface area contributed by atoms with Crippen LogP contribution in [0.2, 0.25) is 0 Å². The number of carbonyl (C=O) groups is 4. The molecule has 2 fully saturated rings. The highest BCUT2D eigenvalue weighted by Crippen LogP contribution is 2.44. The van der Waals surface area contributed by atoms with E-state index >= 15 is 0 Å². The Bertz CT molecular complexity index is 2070. The van der Waals surface area contributed by atoms with Crippen molar-refractivity contribution in [1.29, 1.82) is 0 Å². The standard InChI is InChI=1S/C69H132N2O22P2/c1-6-10-14-18-22-26-30-34-38-42-52(73)46-58(77)70-62-66(90-60(79)48-54(75)44-40-36-32-28-24-20-16-12-8-3)64(81)57(89-69(62)93-94(5,82)83)51-87-68-63(71-59(78)47-53(74)43-39-35-31-27-23-19-15-11-7-2)67(65(56(50-72)88-68)92-95(84,85)86)91-61(80)49-55(76)45-41-37-33-29-25-21-17-13-9-4/h52-57,62-69,72-76,81H,6-51H2,1-5H3,(H,70,77)(H,71,78)(H,82,83)(H2,84,85,86)/t52?,53?,54?,55?,56?,57?,62?,63?,64-,65-,66-,67-,68-,69?/m1/s1. The molecule has 24 nitrogen and oxygen atoms in total. The van der Waals surface area contributed by atoms with Crippen LogP contribution in [-0.4, -0.2) is 175 Å². The summed E-state index contributed by atoms with van der Waals surface area (Å²) < 4.78 is 66.7. The second-order valence-electron chi connectivity index (χ2n) is 27.1. The van der Waals surface area contributed by atoms with Crippen LogP contribution in [0.4, 0.5) is 0 Å². The summed E-state index contributed by atoms with van der Waals surface area (Å²) in [5.74, 6) is -3.81. The second-order valence-corrected chi connectivity index (χ2v) is 30.1. The van der Waals surface area contributed by atoms with Crippen molar-refractivity contribution in [3.05, 3.63) is 0 Å². The van der Waals surface area contributed by atoms with Crippen molar-refractivity contribution >= 4 is 39.2 Å². The van der Waals surface area contributed by atoms with E-state index in [4.69, 9.17) is 32.7 Å². The quantitative estimate of drug-likeness (QED) is 0.0153. The maximum absolute atomic E-state index is 14.1. The average molecular weight is 1400 g/mol. The first-order chi connectivity index (χ1) is 45.4. The fraction of sp³-hybridized carbons (Fsp3) is 0.942. The molecule has 2 amide bonds. The van der Waals surface area contributed by atoms with Crippen LogP contribution in [-0.2, 0) is 61.0 Å². The molecule has 2 heterocycles. The number of amides is 2. The minimum Gasteiger partial charge on any atom is -0.457 e. The first kappa shape index (κ1) is 88.9. The molecule has 0 bridgehead atoms. The molecule has 15 atom stereocenters. The van der Waals surface area contributed by atoms with Gasteiger partial charge in [-0.15, -0.1) is 0 Å². The Morgan fingerprint density at radius 2 is 0.726 bits per heavy atom. The van der Waals surface area contributed by atoms with Gasteiger partial charge in [-0.25, -0.2) is 4.57 Å². The normalized spacial score (nSPS) is 23.5. The number of phosphoric ester groups is 1. The maximum Gasteiger partial charge on any atom is 0.470 e. The van der Waals surface area contributed by atoms with Gasteiger partial charge in [-0.05, 0) is 25.7 Å². The van der Waals surface area contributed by atoms with Gasteiger partial charge in [0, 0.05) is 6.66 Å². The van der Waals surface area contributed by atoms with Crippen LogP contribution in [0, 0.1) is 0 Å². The average Bonchev–Trinajstić information content (AvgIpc) is 0.787. The Balaban J connectivity index is 2.55. The fourth-order valence-electron chi connectivity index (χ4n) is 12.5. The summed E-state index contributed by atoms with van der Waals surface area (Å²) >= 11 is 0.